The maximum absolute atomic E-state index is 4.46. The number of nitrogens with one attached hydrogen (secondary N) is 1. The Morgan fingerprint density at radius 1 is 1.44 bits per heavy atom. The highest BCUT2D eigenvalue weighted by Gasteiger charge is 2.39. The van der Waals surface area contributed by atoms with Gasteiger partial charge in [0.15, 0.2) is 0 Å². The standard InChI is InChI=1S/C15H27N3/c1-5-15(8-6-7-9-15)14(16-3)11-13-10-12(2)17-18(13)4/h10,14,16H,5-9,11H2,1-4H3. The summed E-state index contributed by atoms with van der Waals surface area (Å²) < 4.78 is 2.04. The van der Waals surface area contributed by atoms with Crippen LogP contribution in [-0.2, 0) is 13.5 Å². The van der Waals surface area contributed by atoms with E-state index < -0.39 is 0 Å². The van der Waals surface area contributed by atoms with Gasteiger partial charge in [-0.15, -0.1) is 0 Å². The van der Waals surface area contributed by atoms with Crippen LogP contribution in [0.25, 0.3) is 0 Å². The highest BCUT2D eigenvalue weighted by Crippen LogP contribution is 2.44. The third-order valence-corrected chi connectivity index (χ3v) is 4.90. The molecule has 1 aromatic heterocycles. The lowest BCUT2D eigenvalue weighted by molar-refractivity contribution is 0.190. The van der Waals surface area contributed by atoms with Crippen LogP contribution in [0.1, 0.15) is 50.4 Å². The molecule has 1 atom stereocenters. The number of likely N-dealkylation sites (N-methyl/N-ethyl adjacent to an activating group) is 1. The fraction of sp³-hybridized carbons (Fsp3) is 0.800. The molecule has 18 heavy (non-hydrogen) atoms. The summed E-state index contributed by atoms with van der Waals surface area (Å²) in [6, 6.07) is 2.81. The largest absolute Gasteiger partial charge is 0.316 e. The normalized spacial score (nSPS) is 20.2. The molecule has 0 radical (unpaired) electrons. The fourth-order valence-corrected chi connectivity index (χ4v) is 3.72. The van der Waals surface area contributed by atoms with Crippen molar-refractivity contribution in [2.45, 2.75) is 58.4 Å². The van der Waals surface area contributed by atoms with E-state index in [1.807, 2.05) is 4.68 Å². The Bertz CT molecular complexity index is 388. The maximum atomic E-state index is 4.46. The summed E-state index contributed by atoms with van der Waals surface area (Å²) in [6.07, 6.45) is 7.95. The summed E-state index contributed by atoms with van der Waals surface area (Å²) in [5, 5.41) is 8.04. The second kappa shape index (κ2) is 5.43. The van der Waals surface area contributed by atoms with Gasteiger partial charge in [-0.2, -0.15) is 5.10 Å². The molecular weight excluding hydrogens is 222 g/mol. The summed E-state index contributed by atoms with van der Waals surface area (Å²) in [4.78, 5) is 0. The molecule has 0 amide bonds. The third kappa shape index (κ3) is 2.46. The summed E-state index contributed by atoms with van der Waals surface area (Å²) in [5.74, 6) is 0. The molecule has 1 fully saturated rings. The van der Waals surface area contributed by atoms with Crippen LogP contribution in [0.5, 0.6) is 0 Å². The van der Waals surface area contributed by atoms with Crippen LogP contribution in [0.3, 0.4) is 0 Å². The van der Waals surface area contributed by atoms with Crippen LogP contribution in [0.15, 0.2) is 6.07 Å². The van der Waals surface area contributed by atoms with Crippen molar-refractivity contribution in [2.24, 2.45) is 12.5 Å². The van der Waals surface area contributed by atoms with Gasteiger partial charge in [0.1, 0.15) is 0 Å². The van der Waals surface area contributed by atoms with Gasteiger partial charge in [0, 0.05) is 25.2 Å². The molecule has 102 valence electrons. The molecule has 1 N–H and O–H groups in total. The Morgan fingerprint density at radius 2 is 2.11 bits per heavy atom. The van der Waals surface area contributed by atoms with Gasteiger partial charge in [-0.1, -0.05) is 19.8 Å². The lowest BCUT2D eigenvalue weighted by Gasteiger charge is -2.37. The second-order valence-corrected chi connectivity index (χ2v) is 5.87. The maximum Gasteiger partial charge on any atom is 0.0596 e. The molecule has 3 nitrogen and oxygen atoms in total. The topological polar surface area (TPSA) is 29.9 Å². The Balaban J connectivity index is 2.16. The molecule has 1 unspecified atom stereocenters. The van der Waals surface area contributed by atoms with E-state index in [4.69, 9.17) is 0 Å². The van der Waals surface area contributed by atoms with Gasteiger partial charge in [0.25, 0.3) is 0 Å². The molecule has 0 aromatic carbocycles. The zero-order chi connectivity index (χ0) is 13.2. The number of hydrogen-bond donors (Lipinski definition) is 1. The number of aryl methyl sites for hydroxylation is 2. The van der Waals surface area contributed by atoms with E-state index in [0.29, 0.717) is 11.5 Å². The van der Waals surface area contributed by atoms with Gasteiger partial charge in [0.05, 0.1) is 5.69 Å². The van der Waals surface area contributed by atoms with Crippen molar-refractivity contribution in [3.05, 3.63) is 17.5 Å². The van der Waals surface area contributed by atoms with Gasteiger partial charge in [-0.25, -0.2) is 0 Å². The SMILES string of the molecule is CCC1(C(Cc2cc(C)nn2C)NC)CCCC1. The summed E-state index contributed by atoms with van der Waals surface area (Å²) in [6.45, 7) is 4.42. The lowest BCUT2D eigenvalue weighted by Crippen LogP contribution is -2.43. The Labute approximate surface area is 111 Å². The lowest BCUT2D eigenvalue weighted by atomic mass is 9.74. The van der Waals surface area contributed by atoms with Crippen molar-refractivity contribution >= 4 is 0 Å². The summed E-state index contributed by atoms with van der Waals surface area (Å²) in [5.41, 5.74) is 2.98. The Hall–Kier alpha value is -0.830. The monoisotopic (exact) mass is 249 g/mol. The molecule has 1 heterocycles. The van der Waals surface area contributed by atoms with Crippen molar-refractivity contribution < 1.29 is 0 Å². The van der Waals surface area contributed by atoms with E-state index in [-0.39, 0.29) is 0 Å². The molecule has 3 heteroatoms. The first-order valence-electron chi connectivity index (χ1n) is 7.28. The molecular formula is C15H27N3. The van der Waals surface area contributed by atoms with Crippen LogP contribution in [0.2, 0.25) is 0 Å². The second-order valence-electron chi connectivity index (χ2n) is 5.87. The van der Waals surface area contributed by atoms with Crippen molar-refractivity contribution in [2.75, 3.05) is 7.05 Å². The molecule has 1 saturated carbocycles. The van der Waals surface area contributed by atoms with Crippen LogP contribution in [-0.4, -0.2) is 22.9 Å². The predicted molar refractivity (Wildman–Crippen MR) is 75.7 cm³/mol. The van der Waals surface area contributed by atoms with Gasteiger partial charge in [-0.05, 0) is 44.7 Å². The molecule has 0 spiro atoms. The zero-order valence-corrected chi connectivity index (χ0v) is 12.3. The molecule has 0 aliphatic heterocycles. The van der Waals surface area contributed by atoms with Crippen molar-refractivity contribution in [3.63, 3.8) is 0 Å². The summed E-state index contributed by atoms with van der Waals surface area (Å²) in [7, 11) is 4.17. The van der Waals surface area contributed by atoms with Crippen LogP contribution in [0.4, 0.5) is 0 Å². The van der Waals surface area contributed by atoms with E-state index in [2.05, 4.69) is 44.4 Å². The summed E-state index contributed by atoms with van der Waals surface area (Å²) >= 11 is 0. The van der Waals surface area contributed by atoms with Crippen LogP contribution in [0, 0.1) is 12.3 Å². The number of nitrogens with zero attached hydrogens (tertiary/aromatic N) is 2. The molecule has 1 aromatic rings. The molecule has 0 saturated heterocycles. The smallest absolute Gasteiger partial charge is 0.0596 e. The van der Waals surface area contributed by atoms with E-state index in [1.54, 1.807) is 0 Å². The fourth-order valence-electron chi connectivity index (χ4n) is 3.72. The van der Waals surface area contributed by atoms with Crippen molar-refractivity contribution in [3.8, 4) is 0 Å². The minimum Gasteiger partial charge on any atom is -0.316 e. The minimum atomic E-state index is 0.507. The Morgan fingerprint density at radius 3 is 2.56 bits per heavy atom. The van der Waals surface area contributed by atoms with Crippen LogP contribution >= 0.6 is 0 Å². The first-order chi connectivity index (χ1) is 8.61. The number of aromatic nitrogens is 2. The molecule has 0 bridgehead atoms. The van der Waals surface area contributed by atoms with E-state index >= 15 is 0 Å². The first kappa shape index (κ1) is 13.6. The van der Waals surface area contributed by atoms with Gasteiger partial charge in [0.2, 0.25) is 0 Å². The van der Waals surface area contributed by atoms with Crippen molar-refractivity contribution in [1.82, 2.24) is 15.1 Å². The highest BCUT2D eigenvalue weighted by atomic mass is 15.3. The molecule has 1 aliphatic carbocycles. The van der Waals surface area contributed by atoms with Crippen molar-refractivity contribution in [1.29, 1.82) is 0 Å². The zero-order valence-electron chi connectivity index (χ0n) is 12.3. The average molecular weight is 249 g/mol. The third-order valence-electron chi connectivity index (χ3n) is 4.90. The number of hydrogen-bond acceptors (Lipinski definition) is 2. The van der Waals surface area contributed by atoms with Gasteiger partial charge >= 0.3 is 0 Å². The van der Waals surface area contributed by atoms with Gasteiger partial charge in [-0.3, -0.25) is 4.68 Å². The van der Waals surface area contributed by atoms with E-state index in [9.17, 15) is 0 Å². The average Bonchev–Trinajstić information content (AvgIpc) is 2.94. The van der Waals surface area contributed by atoms with Crippen LogP contribution < -0.4 is 5.32 Å². The molecule has 1 aliphatic rings. The number of rotatable bonds is 5. The van der Waals surface area contributed by atoms with E-state index in [0.717, 1.165) is 12.1 Å². The first-order valence-corrected chi connectivity index (χ1v) is 7.28. The van der Waals surface area contributed by atoms with E-state index in [1.165, 1.54) is 37.8 Å². The Kier molecular flexibility index (Phi) is 4.10. The highest BCUT2D eigenvalue weighted by molar-refractivity contribution is 5.12. The van der Waals surface area contributed by atoms with Gasteiger partial charge < -0.3 is 5.32 Å². The minimum absolute atomic E-state index is 0.507. The predicted octanol–water partition coefficient (Wildman–Crippen LogP) is 2.83. The molecule has 2 rings (SSSR count). The quantitative estimate of drug-likeness (QED) is 0.869.